The molecule has 150 valence electrons. The van der Waals surface area contributed by atoms with Crippen LogP contribution in [0.4, 0.5) is 10.6 Å². The van der Waals surface area contributed by atoms with Crippen molar-refractivity contribution >= 4 is 17.8 Å². The first kappa shape index (κ1) is 19.7. The Morgan fingerprint density at radius 3 is 2.67 bits per heavy atom. The highest BCUT2D eigenvalue weighted by Crippen LogP contribution is 2.38. The molecule has 0 bridgehead atoms. The molecular weight excluding hydrogens is 348 g/mol. The van der Waals surface area contributed by atoms with Gasteiger partial charge in [-0.1, -0.05) is 20.8 Å². The summed E-state index contributed by atoms with van der Waals surface area (Å²) in [5.41, 5.74) is 0.431. The van der Waals surface area contributed by atoms with Crippen molar-refractivity contribution in [3.05, 3.63) is 11.8 Å². The summed E-state index contributed by atoms with van der Waals surface area (Å²) in [6.07, 6.45) is 3.06. The molecule has 8 heteroatoms. The molecule has 27 heavy (non-hydrogen) atoms. The van der Waals surface area contributed by atoms with Gasteiger partial charge in [0.15, 0.2) is 0 Å². The summed E-state index contributed by atoms with van der Waals surface area (Å²) >= 11 is 0. The van der Waals surface area contributed by atoms with E-state index in [1.54, 1.807) is 0 Å². The molecule has 8 nitrogen and oxygen atoms in total. The van der Waals surface area contributed by atoms with Gasteiger partial charge in [0.05, 0.1) is 5.69 Å². The maximum absolute atomic E-state index is 12.0. The quantitative estimate of drug-likeness (QED) is 0.731. The van der Waals surface area contributed by atoms with Gasteiger partial charge in [-0.05, 0) is 31.6 Å². The molecule has 1 saturated heterocycles. The number of rotatable bonds is 5. The van der Waals surface area contributed by atoms with E-state index in [1.807, 2.05) is 26.8 Å². The molecular formula is C19H30N4O4. The average Bonchev–Trinajstić information content (AvgIpc) is 3.04. The number of aromatic amines is 1. The predicted octanol–water partition coefficient (Wildman–Crippen LogP) is 2.79. The summed E-state index contributed by atoms with van der Waals surface area (Å²) in [4.78, 5) is 23.9. The number of ether oxygens (including phenoxy) is 2. The van der Waals surface area contributed by atoms with Gasteiger partial charge >= 0.3 is 6.09 Å². The second kappa shape index (κ2) is 8.29. The number of nitrogens with one attached hydrogen (secondary N) is 3. The van der Waals surface area contributed by atoms with E-state index in [0.29, 0.717) is 18.3 Å². The van der Waals surface area contributed by atoms with Gasteiger partial charge in [-0.25, -0.2) is 4.79 Å². The number of alkyl carbamates (subject to hydrolysis) is 1. The van der Waals surface area contributed by atoms with Crippen molar-refractivity contribution < 1.29 is 19.1 Å². The summed E-state index contributed by atoms with van der Waals surface area (Å²) in [5, 5.41) is 12.8. The average molecular weight is 378 g/mol. The van der Waals surface area contributed by atoms with E-state index >= 15 is 0 Å². The van der Waals surface area contributed by atoms with Crippen LogP contribution >= 0.6 is 0 Å². The fourth-order valence-electron chi connectivity index (χ4n) is 3.19. The van der Waals surface area contributed by atoms with Crippen LogP contribution in [-0.4, -0.2) is 48.1 Å². The summed E-state index contributed by atoms with van der Waals surface area (Å²) in [5.74, 6) is 1.26. The first-order valence-electron chi connectivity index (χ1n) is 9.70. The second-order valence-corrected chi connectivity index (χ2v) is 8.54. The molecule has 1 aliphatic heterocycles. The summed E-state index contributed by atoms with van der Waals surface area (Å²) < 4.78 is 10.8. The SMILES string of the molecule is CC(C)(C)C(=O)Nc1cc(C2CC(OC(=O)NCC3CCOCC3)C2)n[nH]1. The van der Waals surface area contributed by atoms with Crippen molar-refractivity contribution in [3.63, 3.8) is 0 Å². The maximum Gasteiger partial charge on any atom is 0.407 e. The largest absolute Gasteiger partial charge is 0.446 e. The van der Waals surface area contributed by atoms with Crippen molar-refractivity contribution in [2.75, 3.05) is 25.1 Å². The molecule has 0 radical (unpaired) electrons. The van der Waals surface area contributed by atoms with Gasteiger partial charge in [-0.15, -0.1) is 0 Å². The third-order valence-corrected chi connectivity index (χ3v) is 5.19. The molecule has 3 rings (SSSR count). The number of aromatic nitrogens is 2. The van der Waals surface area contributed by atoms with Crippen LogP contribution in [0, 0.1) is 11.3 Å². The number of anilines is 1. The number of carbonyl (C=O) groups is 2. The van der Waals surface area contributed by atoms with Gasteiger partial charge in [-0.2, -0.15) is 5.10 Å². The van der Waals surface area contributed by atoms with Crippen molar-refractivity contribution in [2.45, 2.75) is 58.5 Å². The Balaban J connectivity index is 1.37. The van der Waals surface area contributed by atoms with Crippen molar-refractivity contribution in [1.82, 2.24) is 15.5 Å². The van der Waals surface area contributed by atoms with E-state index in [-0.39, 0.29) is 24.0 Å². The smallest absolute Gasteiger partial charge is 0.407 e. The molecule has 0 aromatic carbocycles. The number of H-pyrrole nitrogens is 1. The molecule has 1 aromatic heterocycles. The molecule has 2 aliphatic rings. The second-order valence-electron chi connectivity index (χ2n) is 8.54. The van der Waals surface area contributed by atoms with Crippen LogP contribution in [0.5, 0.6) is 0 Å². The monoisotopic (exact) mass is 378 g/mol. The summed E-state index contributed by atoms with van der Waals surface area (Å²) in [7, 11) is 0. The van der Waals surface area contributed by atoms with Crippen LogP contribution in [0.25, 0.3) is 0 Å². The molecule has 1 aliphatic carbocycles. The number of carbonyl (C=O) groups excluding carboxylic acids is 2. The fraction of sp³-hybridized carbons (Fsp3) is 0.737. The lowest BCUT2D eigenvalue weighted by Crippen LogP contribution is -2.38. The molecule has 1 saturated carbocycles. The molecule has 2 amide bonds. The van der Waals surface area contributed by atoms with Gasteiger partial charge in [0.2, 0.25) is 5.91 Å². The maximum atomic E-state index is 12.0. The molecule has 2 fully saturated rings. The van der Waals surface area contributed by atoms with Crippen molar-refractivity contribution in [3.8, 4) is 0 Å². The summed E-state index contributed by atoms with van der Waals surface area (Å²) in [6, 6.07) is 1.86. The van der Waals surface area contributed by atoms with Crippen LogP contribution in [0.15, 0.2) is 6.07 Å². The van der Waals surface area contributed by atoms with E-state index < -0.39 is 5.41 Å². The molecule has 0 unspecified atom stereocenters. The van der Waals surface area contributed by atoms with Gasteiger partial charge in [0.1, 0.15) is 11.9 Å². The number of amides is 2. The highest BCUT2D eigenvalue weighted by Gasteiger charge is 2.35. The predicted molar refractivity (Wildman–Crippen MR) is 100 cm³/mol. The van der Waals surface area contributed by atoms with Crippen LogP contribution in [0.3, 0.4) is 0 Å². The fourth-order valence-corrected chi connectivity index (χ4v) is 3.19. The Kier molecular flexibility index (Phi) is 6.04. The zero-order chi connectivity index (χ0) is 19.4. The van der Waals surface area contributed by atoms with Gasteiger partial charge in [-0.3, -0.25) is 9.89 Å². The van der Waals surface area contributed by atoms with Gasteiger partial charge in [0.25, 0.3) is 0 Å². The van der Waals surface area contributed by atoms with E-state index in [1.165, 1.54) is 0 Å². The lowest BCUT2D eigenvalue weighted by Gasteiger charge is -2.33. The Labute approximate surface area is 159 Å². The van der Waals surface area contributed by atoms with Gasteiger partial charge < -0.3 is 20.1 Å². The molecule has 1 aromatic rings. The Hall–Kier alpha value is -2.09. The number of hydrogen-bond donors (Lipinski definition) is 3. The molecule has 0 atom stereocenters. The number of hydrogen-bond acceptors (Lipinski definition) is 5. The van der Waals surface area contributed by atoms with Crippen LogP contribution in [0.1, 0.15) is 58.1 Å². The van der Waals surface area contributed by atoms with Crippen molar-refractivity contribution in [2.24, 2.45) is 11.3 Å². The van der Waals surface area contributed by atoms with E-state index in [0.717, 1.165) is 44.6 Å². The van der Waals surface area contributed by atoms with Gasteiger partial charge in [0, 0.05) is 37.2 Å². The third-order valence-electron chi connectivity index (χ3n) is 5.19. The first-order valence-corrected chi connectivity index (χ1v) is 9.70. The lowest BCUT2D eigenvalue weighted by atomic mass is 9.80. The topological polar surface area (TPSA) is 105 Å². The Bertz CT molecular complexity index is 655. The zero-order valence-electron chi connectivity index (χ0n) is 16.3. The molecule has 2 heterocycles. The van der Waals surface area contributed by atoms with E-state index in [2.05, 4.69) is 20.8 Å². The van der Waals surface area contributed by atoms with E-state index in [4.69, 9.17) is 9.47 Å². The number of nitrogens with zero attached hydrogens (tertiary/aromatic N) is 1. The highest BCUT2D eigenvalue weighted by atomic mass is 16.6. The van der Waals surface area contributed by atoms with Crippen LogP contribution < -0.4 is 10.6 Å². The Morgan fingerprint density at radius 1 is 1.30 bits per heavy atom. The first-order chi connectivity index (χ1) is 12.8. The van der Waals surface area contributed by atoms with Crippen molar-refractivity contribution in [1.29, 1.82) is 0 Å². The normalized spacial score (nSPS) is 23.4. The third kappa shape index (κ3) is 5.45. The van der Waals surface area contributed by atoms with Crippen LogP contribution in [0.2, 0.25) is 0 Å². The standard InChI is InChI=1S/C19H30N4O4/c1-19(2,3)17(24)21-16-10-15(22-23-16)13-8-14(9-13)27-18(25)20-11-12-4-6-26-7-5-12/h10,12-14H,4-9,11H2,1-3H3,(H,20,25)(H2,21,22,23,24). The lowest BCUT2D eigenvalue weighted by molar-refractivity contribution is -0.123. The minimum atomic E-state index is -0.460. The summed E-state index contributed by atoms with van der Waals surface area (Å²) in [6.45, 7) is 7.78. The zero-order valence-corrected chi connectivity index (χ0v) is 16.3. The van der Waals surface area contributed by atoms with E-state index in [9.17, 15) is 9.59 Å². The minimum Gasteiger partial charge on any atom is -0.446 e. The molecule has 0 spiro atoms. The Morgan fingerprint density at radius 2 is 2.00 bits per heavy atom. The van der Waals surface area contributed by atoms with Crippen LogP contribution in [-0.2, 0) is 14.3 Å². The highest BCUT2D eigenvalue weighted by molar-refractivity contribution is 5.93. The molecule has 3 N–H and O–H groups in total. The minimum absolute atomic E-state index is 0.0614.